The van der Waals surface area contributed by atoms with Gasteiger partial charge in [-0.1, -0.05) is 18.9 Å². The van der Waals surface area contributed by atoms with Gasteiger partial charge in [0.05, 0.1) is 4.90 Å². The molecule has 20 heavy (non-hydrogen) atoms. The van der Waals surface area contributed by atoms with Crippen LogP contribution < -0.4 is 4.72 Å². The standard InChI is InChI=1S/C15H20ClNO2S/c16-11-15(8-1-2-9-15)17-20(18,19)14-7-6-12-4-3-5-13(12)10-14/h6-7,10,17H,1-5,8-9,11H2. The Morgan fingerprint density at radius 2 is 1.80 bits per heavy atom. The molecule has 0 unspecified atom stereocenters. The van der Waals surface area contributed by atoms with Crippen LogP contribution in [-0.4, -0.2) is 19.8 Å². The summed E-state index contributed by atoms with van der Waals surface area (Å²) in [5.41, 5.74) is 2.02. The van der Waals surface area contributed by atoms with Gasteiger partial charge in [0.25, 0.3) is 0 Å². The molecule has 0 amide bonds. The summed E-state index contributed by atoms with van der Waals surface area (Å²) < 4.78 is 28.0. The van der Waals surface area contributed by atoms with Crippen LogP contribution in [0.4, 0.5) is 0 Å². The van der Waals surface area contributed by atoms with Crippen molar-refractivity contribution in [2.45, 2.75) is 55.4 Å². The van der Waals surface area contributed by atoms with Gasteiger partial charge in [0.15, 0.2) is 0 Å². The van der Waals surface area contributed by atoms with Crippen LogP contribution in [0.5, 0.6) is 0 Å². The second kappa shape index (κ2) is 5.32. The van der Waals surface area contributed by atoms with E-state index in [9.17, 15) is 8.42 Å². The number of hydrogen-bond acceptors (Lipinski definition) is 2. The smallest absolute Gasteiger partial charge is 0.207 e. The third-order valence-electron chi connectivity index (χ3n) is 4.55. The molecule has 0 bridgehead atoms. The molecule has 0 saturated heterocycles. The van der Waals surface area contributed by atoms with Gasteiger partial charge in [-0.2, -0.15) is 0 Å². The number of alkyl halides is 1. The van der Waals surface area contributed by atoms with Gasteiger partial charge in [0.2, 0.25) is 10.0 Å². The molecule has 2 aliphatic rings. The van der Waals surface area contributed by atoms with E-state index in [0.29, 0.717) is 10.8 Å². The fraction of sp³-hybridized carbons (Fsp3) is 0.600. The van der Waals surface area contributed by atoms with Crippen molar-refractivity contribution < 1.29 is 8.42 Å². The van der Waals surface area contributed by atoms with Crippen molar-refractivity contribution in [3.63, 3.8) is 0 Å². The molecule has 2 aliphatic carbocycles. The second-order valence-corrected chi connectivity index (χ2v) is 7.96. The predicted molar refractivity (Wildman–Crippen MR) is 80.7 cm³/mol. The minimum Gasteiger partial charge on any atom is -0.207 e. The Hall–Kier alpha value is -0.580. The summed E-state index contributed by atoms with van der Waals surface area (Å²) in [6.07, 6.45) is 6.92. The SMILES string of the molecule is O=S(=O)(NC1(CCl)CCCC1)c1ccc2c(c1)CCC2. The molecule has 0 radical (unpaired) electrons. The van der Waals surface area contributed by atoms with Crippen molar-refractivity contribution >= 4 is 21.6 Å². The first-order valence-corrected chi connectivity index (χ1v) is 9.28. The zero-order valence-corrected chi connectivity index (χ0v) is 13.1. The Balaban J connectivity index is 1.88. The number of aryl methyl sites for hydroxylation is 2. The molecule has 0 spiro atoms. The minimum atomic E-state index is -3.47. The first-order valence-electron chi connectivity index (χ1n) is 7.26. The molecule has 3 rings (SSSR count). The molecular weight excluding hydrogens is 294 g/mol. The molecule has 0 atom stereocenters. The van der Waals surface area contributed by atoms with E-state index in [1.54, 1.807) is 6.07 Å². The Bertz CT molecular complexity index is 606. The highest BCUT2D eigenvalue weighted by Crippen LogP contribution is 2.33. The average Bonchev–Trinajstić information content (AvgIpc) is 3.06. The van der Waals surface area contributed by atoms with Crippen LogP contribution in [0.3, 0.4) is 0 Å². The first kappa shape index (κ1) is 14.4. The summed E-state index contributed by atoms with van der Waals surface area (Å²) in [5, 5.41) is 0. The van der Waals surface area contributed by atoms with Gasteiger partial charge in [0.1, 0.15) is 0 Å². The number of sulfonamides is 1. The Morgan fingerprint density at radius 1 is 1.10 bits per heavy atom. The molecule has 5 heteroatoms. The lowest BCUT2D eigenvalue weighted by Gasteiger charge is -2.27. The van der Waals surface area contributed by atoms with Gasteiger partial charge in [0, 0.05) is 11.4 Å². The fourth-order valence-corrected chi connectivity index (χ4v) is 5.30. The summed E-state index contributed by atoms with van der Waals surface area (Å²) >= 11 is 6.02. The Kier molecular flexibility index (Phi) is 3.82. The van der Waals surface area contributed by atoms with Gasteiger partial charge in [-0.3, -0.25) is 0 Å². The van der Waals surface area contributed by atoms with E-state index in [2.05, 4.69) is 4.72 Å². The molecule has 1 saturated carbocycles. The summed E-state index contributed by atoms with van der Waals surface area (Å²) in [6, 6.07) is 5.52. The monoisotopic (exact) mass is 313 g/mol. The largest absolute Gasteiger partial charge is 0.241 e. The number of halogens is 1. The number of hydrogen-bond donors (Lipinski definition) is 1. The van der Waals surface area contributed by atoms with E-state index in [1.807, 2.05) is 12.1 Å². The van der Waals surface area contributed by atoms with Crippen LogP contribution in [0.2, 0.25) is 0 Å². The summed E-state index contributed by atoms with van der Waals surface area (Å²) in [6.45, 7) is 0. The summed E-state index contributed by atoms with van der Waals surface area (Å²) in [7, 11) is -3.47. The van der Waals surface area contributed by atoms with Crippen molar-refractivity contribution in [3.05, 3.63) is 29.3 Å². The van der Waals surface area contributed by atoms with Gasteiger partial charge < -0.3 is 0 Å². The maximum Gasteiger partial charge on any atom is 0.241 e. The molecule has 1 fully saturated rings. The lowest BCUT2D eigenvalue weighted by atomic mass is 10.0. The molecule has 0 heterocycles. The average molecular weight is 314 g/mol. The topological polar surface area (TPSA) is 46.2 Å². The third-order valence-corrected chi connectivity index (χ3v) is 6.64. The van der Waals surface area contributed by atoms with Crippen molar-refractivity contribution in [2.75, 3.05) is 5.88 Å². The predicted octanol–water partition coefficient (Wildman–Crippen LogP) is 3.01. The maximum atomic E-state index is 12.6. The van der Waals surface area contributed by atoms with E-state index >= 15 is 0 Å². The van der Waals surface area contributed by atoms with Crippen LogP contribution in [0, 0.1) is 0 Å². The molecule has 0 aromatic heterocycles. The number of benzene rings is 1. The highest BCUT2D eigenvalue weighted by molar-refractivity contribution is 7.89. The van der Waals surface area contributed by atoms with Crippen LogP contribution in [0.25, 0.3) is 0 Å². The highest BCUT2D eigenvalue weighted by atomic mass is 35.5. The van der Waals surface area contributed by atoms with E-state index in [0.717, 1.165) is 44.9 Å². The fourth-order valence-electron chi connectivity index (χ4n) is 3.37. The van der Waals surface area contributed by atoms with Crippen molar-refractivity contribution in [3.8, 4) is 0 Å². The van der Waals surface area contributed by atoms with E-state index in [4.69, 9.17) is 11.6 Å². The molecule has 1 N–H and O–H groups in total. The Labute approximate surface area is 125 Å². The van der Waals surface area contributed by atoms with Gasteiger partial charge >= 0.3 is 0 Å². The molecule has 110 valence electrons. The van der Waals surface area contributed by atoms with Gasteiger partial charge in [-0.05, 0) is 55.4 Å². The van der Waals surface area contributed by atoms with Crippen LogP contribution >= 0.6 is 11.6 Å². The lowest BCUT2D eigenvalue weighted by molar-refractivity contribution is 0.433. The summed E-state index contributed by atoms with van der Waals surface area (Å²) in [5.74, 6) is 0.344. The minimum absolute atomic E-state index is 0.344. The zero-order valence-electron chi connectivity index (χ0n) is 11.5. The Morgan fingerprint density at radius 3 is 2.50 bits per heavy atom. The molecule has 3 nitrogen and oxygen atoms in total. The number of nitrogens with one attached hydrogen (secondary N) is 1. The molecule has 1 aromatic rings. The van der Waals surface area contributed by atoms with Crippen LogP contribution in [-0.2, 0) is 22.9 Å². The molecular formula is C15H20ClNO2S. The van der Waals surface area contributed by atoms with Crippen molar-refractivity contribution in [2.24, 2.45) is 0 Å². The van der Waals surface area contributed by atoms with Crippen LogP contribution in [0.15, 0.2) is 23.1 Å². The van der Waals surface area contributed by atoms with Gasteiger partial charge in [-0.15, -0.1) is 11.6 Å². The normalized spacial score (nSPS) is 21.1. The number of rotatable bonds is 4. The first-order chi connectivity index (χ1) is 9.55. The van der Waals surface area contributed by atoms with E-state index < -0.39 is 15.6 Å². The number of fused-ring (bicyclic) bond motifs is 1. The van der Waals surface area contributed by atoms with Gasteiger partial charge in [-0.25, -0.2) is 13.1 Å². The lowest BCUT2D eigenvalue weighted by Crippen LogP contribution is -2.47. The quantitative estimate of drug-likeness (QED) is 0.869. The summed E-state index contributed by atoms with van der Waals surface area (Å²) in [4.78, 5) is 0.384. The third kappa shape index (κ3) is 2.61. The maximum absolute atomic E-state index is 12.6. The van der Waals surface area contributed by atoms with Crippen molar-refractivity contribution in [1.29, 1.82) is 0 Å². The van der Waals surface area contributed by atoms with E-state index in [1.165, 1.54) is 11.1 Å². The second-order valence-electron chi connectivity index (χ2n) is 6.01. The molecule has 1 aromatic carbocycles. The van der Waals surface area contributed by atoms with Crippen LogP contribution in [0.1, 0.15) is 43.2 Å². The highest BCUT2D eigenvalue weighted by Gasteiger charge is 2.37. The van der Waals surface area contributed by atoms with Crippen molar-refractivity contribution in [1.82, 2.24) is 4.72 Å². The molecule has 0 aliphatic heterocycles. The zero-order chi connectivity index (χ0) is 14.2. The van der Waals surface area contributed by atoms with E-state index in [-0.39, 0.29) is 0 Å².